The number of phenols is 1. The molecule has 4 heteroatoms. The topological polar surface area (TPSA) is 47.9 Å². The second kappa shape index (κ2) is 29.4. The maximum Gasteiger partial charge on any atom is 0.207 e. The SMILES string of the molecule is Oc1ccc(OCCCCCCCCCc2ccccc2)c(OCCCCCCCCCc2ccccc2)c1OCCCCCCCCCc1ccccc1. The number of benzene rings is 4. The highest BCUT2D eigenvalue weighted by atomic mass is 16.5. The molecule has 0 heterocycles. The lowest BCUT2D eigenvalue weighted by atomic mass is 10.0. The van der Waals surface area contributed by atoms with Gasteiger partial charge in [0.15, 0.2) is 11.5 Å². The molecule has 0 aliphatic heterocycles. The second-order valence-electron chi connectivity index (χ2n) is 15.4. The average molecular weight is 749 g/mol. The highest BCUT2D eigenvalue weighted by Crippen LogP contribution is 2.44. The fourth-order valence-electron chi connectivity index (χ4n) is 7.33. The van der Waals surface area contributed by atoms with Crippen molar-refractivity contribution in [1.82, 2.24) is 0 Å². The van der Waals surface area contributed by atoms with E-state index in [1.165, 1.54) is 132 Å². The van der Waals surface area contributed by atoms with E-state index in [4.69, 9.17) is 14.2 Å². The minimum atomic E-state index is 0.128. The molecule has 0 saturated carbocycles. The molecule has 300 valence electrons. The summed E-state index contributed by atoms with van der Waals surface area (Å²) in [4.78, 5) is 0. The Kier molecular flexibility index (Phi) is 23.4. The summed E-state index contributed by atoms with van der Waals surface area (Å²) in [5.41, 5.74) is 4.33. The summed E-state index contributed by atoms with van der Waals surface area (Å²) in [6, 6.07) is 36.0. The van der Waals surface area contributed by atoms with Gasteiger partial charge in [0.2, 0.25) is 11.5 Å². The summed E-state index contributed by atoms with van der Waals surface area (Å²) in [6.45, 7) is 1.81. The molecule has 0 saturated heterocycles. The number of unbranched alkanes of at least 4 members (excludes halogenated alkanes) is 18. The smallest absolute Gasteiger partial charge is 0.207 e. The van der Waals surface area contributed by atoms with Crippen LogP contribution in [0.4, 0.5) is 0 Å². The van der Waals surface area contributed by atoms with Crippen molar-refractivity contribution in [3.8, 4) is 23.0 Å². The number of aryl methyl sites for hydroxylation is 3. The predicted molar refractivity (Wildman–Crippen MR) is 232 cm³/mol. The fourth-order valence-corrected chi connectivity index (χ4v) is 7.33. The zero-order valence-electron chi connectivity index (χ0n) is 34.1. The summed E-state index contributed by atoms with van der Waals surface area (Å²) < 4.78 is 18.9. The van der Waals surface area contributed by atoms with Crippen LogP contribution in [0.1, 0.15) is 152 Å². The minimum absolute atomic E-state index is 0.128. The van der Waals surface area contributed by atoms with Gasteiger partial charge in [-0.2, -0.15) is 0 Å². The molecular weight excluding hydrogens is 677 g/mol. The van der Waals surface area contributed by atoms with Gasteiger partial charge in [-0.1, -0.05) is 187 Å². The lowest BCUT2D eigenvalue weighted by Gasteiger charge is -2.18. The number of rotatable bonds is 33. The van der Waals surface area contributed by atoms with Gasteiger partial charge in [0.25, 0.3) is 0 Å². The first-order valence-corrected chi connectivity index (χ1v) is 22.2. The minimum Gasteiger partial charge on any atom is -0.504 e. The molecule has 0 unspecified atom stereocenters. The van der Waals surface area contributed by atoms with E-state index < -0.39 is 0 Å². The van der Waals surface area contributed by atoms with Crippen LogP contribution in [0.2, 0.25) is 0 Å². The number of phenolic OH excluding ortho intramolecular Hbond substituents is 1. The highest BCUT2D eigenvalue weighted by Gasteiger charge is 2.18. The summed E-state index contributed by atoms with van der Waals surface area (Å²) in [5, 5.41) is 10.9. The van der Waals surface area contributed by atoms with Crippen molar-refractivity contribution in [3.63, 3.8) is 0 Å². The molecule has 4 nitrogen and oxygen atoms in total. The maximum absolute atomic E-state index is 10.9. The molecule has 4 aromatic carbocycles. The molecule has 1 N–H and O–H groups in total. The first-order valence-electron chi connectivity index (χ1n) is 22.2. The van der Waals surface area contributed by atoms with Crippen molar-refractivity contribution >= 4 is 0 Å². The van der Waals surface area contributed by atoms with Crippen LogP contribution in [0.15, 0.2) is 103 Å². The van der Waals surface area contributed by atoms with Crippen LogP contribution in [-0.4, -0.2) is 24.9 Å². The van der Waals surface area contributed by atoms with E-state index in [9.17, 15) is 5.11 Å². The van der Waals surface area contributed by atoms with E-state index in [1.807, 2.05) is 6.07 Å². The summed E-state index contributed by atoms with van der Waals surface area (Å²) >= 11 is 0. The number of aromatic hydroxyl groups is 1. The van der Waals surface area contributed by atoms with Crippen molar-refractivity contribution in [2.45, 2.75) is 154 Å². The zero-order chi connectivity index (χ0) is 38.3. The largest absolute Gasteiger partial charge is 0.504 e. The third-order valence-electron chi connectivity index (χ3n) is 10.7. The monoisotopic (exact) mass is 749 g/mol. The lowest BCUT2D eigenvalue weighted by molar-refractivity contribution is 0.228. The molecule has 0 aromatic heterocycles. The standard InChI is InChI=1S/C51H72O4/c52-48-40-41-49(53-42-28-13-7-1-4-10-19-31-45-34-22-16-23-35-45)51(55-44-30-15-9-3-6-12-21-33-47-38-26-18-27-39-47)50(48)54-43-29-14-8-2-5-11-20-32-46-36-24-17-25-37-46/h16-18,22-27,34-41,52H,1-15,19-21,28-33,42-44H2. The van der Waals surface area contributed by atoms with Crippen molar-refractivity contribution < 1.29 is 19.3 Å². The fraction of sp³-hybridized carbons (Fsp3) is 0.529. The van der Waals surface area contributed by atoms with Gasteiger partial charge >= 0.3 is 0 Å². The quantitative estimate of drug-likeness (QED) is 0.0493. The van der Waals surface area contributed by atoms with Crippen LogP contribution in [0.5, 0.6) is 23.0 Å². The van der Waals surface area contributed by atoms with Crippen LogP contribution in [0, 0.1) is 0 Å². The molecular formula is C51H72O4. The van der Waals surface area contributed by atoms with Crippen molar-refractivity contribution in [2.24, 2.45) is 0 Å². The Hall–Kier alpha value is -3.92. The van der Waals surface area contributed by atoms with E-state index in [1.54, 1.807) is 6.07 Å². The highest BCUT2D eigenvalue weighted by molar-refractivity contribution is 5.58. The van der Waals surface area contributed by atoms with Crippen LogP contribution in [-0.2, 0) is 19.3 Å². The lowest BCUT2D eigenvalue weighted by Crippen LogP contribution is -2.06. The molecule has 4 rings (SSSR count). The Balaban J connectivity index is 1.12. The molecule has 0 aliphatic carbocycles. The van der Waals surface area contributed by atoms with Crippen LogP contribution >= 0.6 is 0 Å². The third kappa shape index (κ3) is 20.0. The van der Waals surface area contributed by atoms with Crippen molar-refractivity contribution in [3.05, 3.63) is 120 Å². The van der Waals surface area contributed by atoms with E-state index >= 15 is 0 Å². The molecule has 55 heavy (non-hydrogen) atoms. The second-order valence-corrected chi connectivity index (χ2v) is 15.4. The Morgan fingerprint density at radius 1 is 0.291 bits per heavy atom. The molecule has 4 aromatic rings. The van der Waals surface area contributed by atoms with Gasteiger partial charge in [0.1, 0.15) is 0 Å². The van der Waals surface area contributed by atoms with Crippen molar-refractivity contribution in [1.29, 1.82) is 0 Å². The predicted octanol–water partition coefficient (Wildman–Crippen LogP) is 14.4. The molecule has 0 fully saturated rings. The zero-order valence-corrected chi connectivity index (χ0v) is 34.1. The molecule has 0 radical (unpaired) electrons. The Labute approximate surface area is 335 Å². The average Bonchev–Trinajstić information content (AvgIpc) is 3.22. The van der Waals surface area contributed by atoms with Crippen LogP contribution in [0.3, 0.4) is 0 Å². The molecule has 0 atom stereocenters. The first-order chi connectivity index (χ1) is 27.3. The molecule has 0 bridgehead atoms. The number of ether oxygens (including phenoxy) is 3. The van der Waals surface area contributed by atoms with E-state index in [0.717, 1.165) is 38.5 Å². The molecule has 0 spiro atoms. The van der Waals surface area contributed by atoms with E-state index in [2.05, 4.69) is 91.0 Å². The van der Waals surface area contributed by atoms with Gasteiger partial charge in [-0.05, 0) is 86.6 Å². The van der Waals surface area contributed by atoms with E-state index in [-0.39, 0.29) is 5.75 Å². The first kappa shape index (κ1) is 43.8. The number of hydrogen-bond donors (Lipinski definition) is 1. The summed E-state index contributed by atoms with van der Waals surface area (Å²) in [7, 11) is 0. The Morgan fingerprint density at radius 3 is 0.982 bits per heavy atom. The number of hydrogen-bond acceptors (Lipinski definition) is 4. The maximum atomic E-state index is 10.9. The summed E-state index contributed by atoms with van der Waals surface area (Å²) in [6.07, 6.45) is 29.0. The van der Waals surface area contributed by atoms with Crippen molar-refractivity contribution in [2.75, 3.05) is 19.8 Å². The Bertz CT molecular complexity index is 1470. The van der Waals surface area contributed by atoms with Gasteiger partial charge in [-0.25, -0.2) is 0 Å². The van der Waals surface area contributed by atoms with Gasteiger partial charge in [-0.15, -0.1) is 0 Å². The van der Waals surface area contributed by atoms with Crippen LogP contribution in [0.25, 0.3) is 0 Å². The van der Waals surface area contributed by atoms with E-state index in [0.29, 0.717) is 37.1 Å². The van der Waals surface area contributed by atoms with Gasteiger partial charge < -0.3 is 19.3 Å². The van der Waals surface area contributed by atoms with Gasteiger partial charge in [0, 0.05) is 0 Å². The van der Waals surface area contributed by atoms with Crippen LogP contribution < -0.4 is 14.2 Å². The normalized spacial score (nSPS) is 11.1. The molecule has 0 aliphatic rings. The van der Waals surface area contributed by atoms with Gasteiger partial charge in [0.05, 0.1) is 19.8 Å². The van der Waals surface area contributed by atoms with Gasteiger partial charge in [-0.3, -0.25) is 0 Å². The molecule has 0 amide bonds. The Morgan fingerprint density at radius 2 is 0.600 bits per heavy atom. The third-order valence-corrected chi connectivity index (χ3v) is 10.7. The summed E-state index contributed by atoms with van der Waals surface area (Å²) in [5.74, 6) is 1.82.